The van der Waals surface area contributed by atoms with E-state index < -0.39 is 0 Å². The fourth-order valence-electron chi connectivity index (χ4n) is 4.36. The van der Waals surface area contributed by atoms with Gasteiger partial charge >= 0.3 is 0 Å². The van der Waals surface area contributed by atoms with Crippen molar-refractivity contribution < 1.29 is 4.79 Å². The van der Waals surface area contributed by atoms with Crippen LogP contribution >= 0.6 is 0 Å². The van der Waals surface area contributed by atoms with E-state index in [1.807, 2.05) is 61.5 Å². The number of carbonyl (C=O) groups is 1. The van der Waals surface area contributed by atoms with Crippen LogP contribution in [0.3, 0.4) is 0 Å². The van der Waals surface area contributed by atoms with Crippen molar-refractivity contribution in [3.63, 3.8) is 0 Å². The summed E-state index contributed by atoms with van der Waals surface area (Å²) in [4.78, 5) is 30.8. The zero-order valence-electron chi connectivity index (χ0n) is 21.7. The minimum Gasteiger partial charge on any atom is -0.397 e. The lowest BCUT2D eigenvalue weighted by molar-refractivity contribution is 0.102. The van der Waals surface area contributed by atoms with Crippen LogP contribution in [-0.2, 0) is 6.54 Å². The Balaban J connectivity index is 1.24. The van der Waals surface area contributed by atoms with Gasteiger partial charge in [-0.2, -0.15) is 0 Å². The number of nitrogens with one attached hydrogen (secondary N) is 2. The van der Waals surface area contributed by atoms with Crippen LogP contribution in [0.5, 0.6) is 0 Å². The minimum absolute atomic E-state index is 0.154. The van der Waals surface area contributed by atoms with Crippen molar-refractivity contribution in [2.45, 2.75) is 13.5 Å². The minimum atomic E-state index is -0.154. The number of hydrogen-bond donors (Lipinski definition) is 3. The van der Waals surface area contributed by atoms with Crippen LogP contribution in [-0.4, -0.2) is 63.9 Å². The van der Waals surface area contributed by atoms with Crippen LogP contribution in [0.4, 0.5) is 23.0 Å². The summed E-state index contributed by atoms with van der Waals surface area (Å²) in [5.74, 6) is 0.283. The molecule has 194 valence electrons. The molecule has 9 heteroatoms. The van der Waals surface area contributed by atoms with Gasteiger partial charge in [-0.25, -0.2) is 9.97 Å². The van der Waals surface area contributed by atoms with Gasteiger partial charge in [-0.1, -0.05) is 18.2 Å². The third-order valence-corrected chi connectivity index (χ3v) is 6.67. The Labute approximate surface area is 222 Å². The Morgan fingerprint density at radius 1 is 1.00 bits per heavy atom. The summed E-state index contributed by atoms with van der Waals surface area (Å²) in [5, 5.41) is 6.27. The summed E-state index contributed by atoms with van der Waals surface area (Å²) in [6, 6.07) is 17.2. The van der Waals surface area contributed by atoms with Crippen LogP contribution < -0.4 is 16.4 Å². The maximum Gasteiger partial charge on any atom is 0.255 e. The average molecular weight is 509 g/mol. The predicted molar refractivity (Wildman–Crippen MR) is 151 cm³/mol. The van der Waals surface area contributed by atoms with Crippen molar-refractivity contribution in [1.29, 1.82) is 0 Å². The summed E-state index contributed by atoms with van der Waals surface area (Å²) >= 11 is 0. The second-order valence-electron chi connectivity index (χ2n) is 9.66. The Morgan fingerprint density at radius 3 is 2.55 bits per heavy atom. The molecule has 1 fully saturated rings. The number of hydrogen-bond acceptors (Lipinski definition) is 8. The molecule has 1 amide bonds. The first-order valence-corrected chi connectivity index (χ1v) is 12.7. The molecule has 2 aromatic heterocycles. The average Bonchev–Trinajstić information content (AvgIpc) is 2.92. The van der Waals surface area contributed by atoms with E-state index in [0.717, 1.165) is 49.5 Å². The number of rotatable bonds is 7. The molecule has 3 heterocycles. The Morgan fingerprint density at radius 2 is 1.79 bits per heavy atom. The van der Waals surface area contributed by atoms with E-state index in [9.17, 15) is 4.79 Å². The second-order valence-corrected chi connectivity index (χ2v) is 9.66. The molecular weight excluding hydrogens is 476 g/mol. The number of carbonyl (C=O) groups excluding carboxylic acids is 1. The smallest absolute Gasteiger partial charge is 0.255 e. The largest absolute Gasteiger partial charge is 0.397 e. The summed E-state index contributed by atoms with van der Waals surface area (Å²) in [5.41, 5.74) is 12.3. The zero-order valence-corrected chi connectivity index (χ0v) is 21.7. The van der Waals surface area contributed by atoms with Crippen molar-refractivity contribution in [2.75, 3.05) is 49.6 Å². The van der Waals surface area contributed by atoms with Gasteiger partial charge < -0.3 is 21.3 Å². The molecule has 0 aliphatic carbocycles. The number of aryl methyl sites for hydroxylation is 1. The maximum atomic E-state index is 12.9. The molecule has 0 unspecified atom stereocenters. The topological polar surface area (TPSA) is 112 Å². The van der Waals surface area contributed by atoms with Gasteiger partial charge in [0.2, 0.25) is 5.95 Å². The fourth-order valence-corrected chi connectivity index (χ4v) is 4.36. The van der Waals surface area contributed by atoms with Gasteiger partial charge in [-0.05, 0) is 61.5 Å². The Kier molecular flexibility index (Phi) is 7.57. The number of nitrogens with two attached hydrogens (primary N) is 1. The maximum absolute atomic E-state index is 12.9. The number of amides is 1. The monoisotopic (exact) mass is 508 g/mol. The number of anilines is 4. The van der Waals surface area contributed by atoms with E-state index in [1.54, 1.807) is 18.6 Å². The third-order valence-electron chi connectivity index (χ3n) is 6.67. The molecule has 4 aromatic rings. The molecule has 5 rings (SSSR count). The molecule has 1 saturated heterocycles. The Hall–Kier alpha value is -4.34. The van der Waals surface area contributed by atoms with Crippen LogP contribution in [0.1, 0.15) is 21.5 Å². The molecule has 0 radical (unpaired) electrons. The van der Waals surface area contributed by atoms with Gasteiger partial charge in [0.15, 0.2) is 0 Å². The van der Waals surface area contributed by atoms with Crippen LogP contribution in [0.2, 0.25) is 0 Å². The number of likely N-dealkylation sites (N-methyl/N-ethyl adjacent to an activating group) is 1. The second kappa shape index (κ2) is 11.4. The van der Waals surface area contributed by atoms with E-state index in [0.29, 0.717) is 28.6 Å². The van der Waals surface area contributed by atoms with Crippen molar-refractivity contribution in [2.24, 2.45) is 0 Å². The van der Waals surface area contributed by atoms with Gasteiger partial charge in [0.25, 0.3) is 5.91 Å². The SMILES string of the molecule is Cc1ccc(NC(=O)c2ccc(CN3CCN(C)CC3)cc2)cc1Nc1nccc(-c2cncc(N)c2)n1. The summed E-state index contributed by atoms with van der Waals surface area (Å²) in [6.45, 7) is 7.20. The zero-order chi connectivity index (χ0) is 26.5. The highest BCUT2D eigenvalue weighted by atomic mass is 16.1. The van der Waals surface area contributed by atoms with Crippen LogP contribution in [0, 0.1) is 6.92 Å². The first kappa shape index (κ1) is 25.3. The highest BCUT2D eigenvalue weighted by Gasteiger charge is 2.14. The molecule has 0 saturated carbocycles. The normalized spacial score (nSPS) is 14.3. The lowest BCUT2D eigenvalue weighted by atomic mass is 10.1. The standard InChI is InChI=1S/C29H32N8O/c1-20-3-8-25(16-27(20)35-29-32-10-9-26(34-29)23-15-24(30)18-31-17-23)33-28(38)22-6-4-21(5-7-22)19-37-13-11-36(2)12-14-37/h3-10,15-18H,11-14,19,30H2,1-2H3,(H,33,38)(H,32,34,35). The van der Waals surface area contributed by atoms with Crippen molar-refractivity contribution >= 4 is 28.9 Å². The summed E-state index contributed by atoms with van der Waals surface area (Å²) in [6.07, 6.45) is 4.99. The first-order chi connectivity index (χ1) is 18.4. The van der Waals surface area contributed by atoms with Gasteiger partial charge in [0, 0.05) is 73.8 Å². The predicted octanol–water partition coefficient (Wildman–Crippen LogP) is 4.17. The molecule has 1 aliphatic rings. The third kappa shape index (κ3) is 6.31. The number of nitrogens with zero attached hydrogens (tertiary/aromatic N) is 5. The highest BCUT2D eigenvalue weighted by Crippen LogP contribution is 2.25. The van der Waals surface area contributed by atoms with E-state index >= 15 is 0 Å². The lowest BCUT2D eigenvalue weighted by Crippen LogP contribution is -2.43. The molecule has 2 aromatic carbocycles. The molecule has 0 atom stereocenters. The van der Waals surface area contributed by atoms with Gasteiger partial charge in [0.05, 0.1) is 11.4 Å². The molecule has 9 nitrogen and oxygen atoms in total. The van der Waals surface area contributed by atoms with E-state index in [2.05, 4.69) is 42.4 Å². The fraction of sp³-hybridized carbons (Fsp3) is 0.241. The van der Waals surface area contributed by atoms with Crippen molar-refractivity contribution in [1.82, 2.24) is 24.8 Å². The Bertz CT molecular complexity index is 1410. The van der Waals surface area contributed by atoms with Crippen LogP contribution in [0.25, 0.3) is 11.3 Å². The molecule has 0 spiro atoms. The van der Waals surface area contributed by atoms with E-state index in [1.165, 1.54) is 5.56 Å². The number of benzene rings is 2. The van der Waals surface area contributed by atoms with Crippen LogP contribution in [0.15, 0.2) is 73.2 Å². The van der Waals surface area contributed by atoms with Gasteiger partial charge in [-0.15, -0.1) is 0 Å². The lowest BCUT2D eigenvalue weighted by Gasteiger charge is -2.32. The molecular formula is C29H32N8O. The van der Waals surface area contributed by atoms with E-state index in [-0.39, 0.29) is 5.91 Å². The van der Waals surface area contributed by atoms with E-state index in [4.69, 9.17) is 5.73 Å². The first-order valence-electron chi connectivity index (χ1n) is 12.7. The molecule has 4 N–H and O–H groups in total. The summed E-state index contributed by atoms with van der Waals surface area (Å²) < 4.78 is 0. The quantitative estimate of drug-likeness (QED) is 0.341. The molecule has 0 bridgehead atoms. The van der Waals surface area contributed by atoms with Gasteiger partial charge in [0.1, 0.15) is 0 Å². The number of nitrogen functional groups attached to an aromatic ring is 1. The number of piperazine rings is 1. The number of aromatic nitrogens is 3. The highest BCUT2D eigenvalue weighted by molar-refractivity contribution is 6.04. The summed E-state index contributed by atoms with van der Waals surface area (Å²) in [7, 11) is 2.16. The molecule has 1 aliphatic heterocycles. The van der Waals surface area contributed by atoms with Gasteiger partial charge in [-0.3, -0.25) is 14.7 Å². The van der Waals surface area contributed by atoms with Crippen molar-refractivity contribution in [3.8, 4) is 11.3 Å². The number of pyridine rings is 1. The van der Waals surface area contributed by atoms with Crippen molar-refractivity contribution in [3.05, 3.63) is 89.9 Å². The molecule has 38 heavy (non-hydrogen) atoms.